The van der Waals surface area contributed by atoms with E-state index in [1.165, 1.54) is 10.7 Å². The number of nitrogens with zero attached hydrogens (tertiary/aromatic N) is 2. The van der Waals surface area contributed by atoms with Gasteiger partial charge in [0.2, 0.25) is 5.91 Å². The van der Waals surface area contributed by atoms with Crippen molar-refractivity contribution in [3.8, 4) is 16.9 Å². The highest BCUT2D eigenvalue weighted by Gasteiger charge is 2.39. The first-order valence-electron chi connectivity index (χ1n) is 9.47. The lowest BCUT2D eigenvalue weighted by Crippen LogP contribution is -2.54. The molecule has 0 spiro atoms. The highest BCUT2D eigenvalue weighted by molar-refractivity contribution is 5.76. The Kier molecular flexibility index (Phi) is 5.56. The van der Waals surface area contributed by atoms with Gasteiger partial charge in [-0.15, -0.1) is 0 Å². The van der Waals surface area contributed by atoms with E-state index in [1.807, 2.05) is 38.1 Å². The zero-order valence-electron chi connectivity index (χ0n) is 16.7. The number of amides is 1. The van der Waals surface area contributed by atoms with E-state index in [9.17, 15) is 14.7 Å². The van der Waals surface area contributed by atoms with Crippen LogP contribution in [0, 0.1) is 0 Å². The lowest BCUT2D eigenvalue weighted by Gasteiger charge is -2.41. The monoisotopic (exact) mass is 385 g/mol. The van der Waals surface area contributed by atoms with Crippen LogP contribution >= 0.6 is 0 Å². The first-order chi connectivity index (χ1) is 13.2. The summed E-state index contributed by atoms with van der Waals surface area (Å²) in [5.74, 6) is 0.490. The van der Waals surface area contributed by atoms with Gasteiger partial charge < -0.3 is 15.2 Å². The van der Waals surface area contributed by atoms with Crippen LogP contribution in [0.2, 0.25) is 0 Å². The van der Waals surface area contributed by atoms with Gasteiger partial charge in [-0.3, -0.25) is 9.59 Å². The van der Waals surface area contributed by atoms with E-state index in [-0.39, 0.29) is 30.0 Å². The number of aromatic nitrogens is 2. The number of methoxy groups -OCH3 is 1. The minimum absolute atomic E-state index is 0.0566. The Bertz CT molecular complexity index is 925. The number of aliphatic hydroxyl groups is 1. The second-order valence-electron chi connectivity index (χ2n) is 8.00. The van der Waals surface area contributed by atoms with Crippen LogP contribution < -0.4 is 15.6 Å². The topological polar surface area (TPSA) is 93.5 Å². The fourth-order valence-corrected chi connectivity index (χ4v) is 3.58. The van der Waals surface area contributed by atoms with Crippen molar-refractivity contribution in [3.63, 3.8) is 0 Å². The number of carbonyl (C=O) groups excluding carboxylic acids is 1. The van der Waals surface area contributed by atoms with Gasteiger partial charge in [-0.25, -0.2) is 4.68 Å². The van der Waals surface area contributed by atoms with Gasteiger partial charge in [0.1, 0.15) is 12.3 Å². The van der Waals surface area contributed by atoms with Crippen molar-refractivity contribution in [1.82, 2.24) is 15.1 Å². The largest absolute Gasteiger partial charge is 0.497 e. The maximum atomic E-state index is 12.6. The molecule has 1 aromatic heterocycles. The molecular weight excluding hydrogens is 358 g/mol. The van der Waals surface area contributed by atoms with Crippen molar-refractivity contribution in [1.29, 1.82) is 0 Å². The second-order valence-corrected chi connectivity index (χ2v) is 8.00. The molecule has 0 radical (unpaired) electrons. The summed E-state index contributed by atoms with van der Waals surface area (Å²) < 4.78 is 6.48. The van der Waals surface area contributed by atoms with Crippen LogP contribution in [0.4, 0.5) is 0 Å². The van der Waals surface area contributed by atoms with Crippen LogP contribution in [0.1, 0.15) is 45.2 Å². The molecule has 0 atom stereocenters. The summed E-state index contributed by atoms with van der Waals surface area (Å²) in [5, 5.41) is 17.1. The van der Waals surface area contributed by atoms with Gasteiger partial charge in [0.25, 0.3) is 5.56 Å². The van der Waals surface area contributed by atoms with Gasteiger partial charge in [-0.2, -0.15) is 5.10 Å². The highest BCUT2D eigenvalue weighted by atomic mass is 16.5. The van der Waals surface area contributed by atoms with Crippen LogP contribution in [0.5, 0.6) is 5.75 Å². The van der Waals surface area contributed by atoms with Gasteiger partial charge in [-0.05, 0) is 43.4 Å². The average Bonchev–Trinajstić information content (AvgIpc) is 2.61. The molecule has 2 aromatic rings. The first kappa shape index (κ1) is 20.1. The molecular formula is C21H27N3O4. The molecule has 2 N–H and O–H groups in total. The Morgan fingerprint density at radius 2 is 2.11 bits per heavy atom. The number of benzene rings is 1. The number of rotatable bonds is 6. The zero-order chi connectivity index (χ0) is 20.5. The number of nitrogens with one attached hydrogen (secondary N) is 1. The summed E-state index contributed by atoms with van der Waals surface area (Å²) in [4.78, 5) is 24.9. The van der Waals surface area contributed by atoms with Crippen molar-refractivity contribution in [2.45, 2.75) is 57.7 Å². The van der Waals surface area contributed by atoms with Crippen LogP contribution in [0.3, 0.4) is 0 Å². The molecule has 150 valence electrons. The zero-order valence-corrected chi connectivity index (χ0v) is 16.7. The normalized spacial score (nSPS) is 21.3. The summed E-state index contributed by atoms with van der Waals surface area (Å²) in [6.07, 6.45) is 1.04. The minimum Gasteiger partial charge on any atom is -0.497 e. The van der Waals surface area contributed by atoms with E-state index in [0.29, 0.717) is 18.6 Å². The Morgan fingerprint density at radius 1 is 1.39 bits per heavy atom. The third kappa shape index (κ3) is 4.42. The van der Waals surface area contributed by atoms with Crippen molar-refractivity contribution < 1.29 is 14.6 Å². The standard InChI is InChI=1S/C21H27N3O4/c1-13(2)20-17(14-6-5-7-16(8-14)28-4)9-19(26)24(23-20)12-18(25)22-15-10-21(3,27)11-15/h5-9,13,15,27H,10-12H2,1-4H3,(H,22,25)/t15-,21-. The molecule has 1 fully saturated rings. The Balaban J connectivity index is 1.84. The maximum absolute atomic E-state index is 12.6. The fourth-order valence-electron chi connectivity index (χ4n) is 3.58. The van der Waals surface area contributed by atoms with Crippen LogP contribution in [-0.4, -0.2) is 39.5 Å². The molecule has 0 saturated heterocycles. The predicted octanol–water partition coefficient (Wildman–Crippen LogP) is 2.07. The molecule has 1 aliphatic carbocycles. The first-order valence-corrected chi connectivity index (χ1v) is 9.47. The average molecular weight is 385 g/mol. The summed E-state index contributed by atoms with van der Waals surface area (Å²) >= 11 is 0. The van der Waals surface area contributed by atoms with Gasteiger partial charge in [0.05, 0.1) is 18.4 Å². The highest BCUT2D eigenvalue weighted by Crippen LogP contribution is 2.31. The van der Waals surface area contributed by atoms with Crippen LogP contribution in [0.15, 0.2) is 35.1 Å². The van der Waals surface area contributed by atoms with Gasteiger partial charge >= 0.3 is 0 Å². The molecule has 1 aromatic carbocycles. The molecule has 1 saturated carbocycles. The Morgan fingerprint density at radius 3 is 2.71 bits per heavy atom. The summed E-state index contributed by atoms with van der Waals surface area (Å²) in [7, 11) is 1.60. The smallest absolute Gasteiger partial charge is 0.267 e. The molecule has 7 nitrogen and oxygen atoms in total. The van der Waals surface area contributed by atoms with Crippen LogP contribution in [0.25, 0.3) is 11.1 Å². The van der Waals surface area contributed by atoms with Crippen LogP contribution in [-0.2, 0) is 11.3 Å². The number of ether oxygens (including phenoxy) is 1. The lowest BCUT2D eigenvalue weighted by atomic mass is 9.77. The van der Waals surface area contributed by atoms with E-state index in [4.69, 9.17) is 4.74 Å². The van der Waals surface area contributed by atoms with Gasteiger partial charge in [0.15, 0.2) is 0 Å². The number of hydrogen-bond acceptors (Lipinski definition) is 5. The van der Waals surface area contributed by atoms with E-state index >= 15 is 0 Å². The van der Waals surface area contributed by atoms with E-state index < -0.39 is 5.60 Å². The summed E-state index contributed by atoms with van der Waals surface area (Å²) in [6, 6.07) is 8.95. The summed E-state index contributed by atoms with van der Waals surface area (Å²) in [5.41, 5.74) is 1.28. The number of carbonyl (C=O) groups is 1. The molecule has 3 rings (SSSR count). The SMILES string of the molecule is COc1cccc(-c2cc(=O)n(CC(=O)N[C@H]3C[C@](C)(O)C3)nc2C(C)C)c1. The van der Waals surface area contributed by atoms with E-state index in [1.54, 1.807) is 14.0 Å². The minimum atomic E-state index is -0.712. The van der Waals surface area contributed by atoms with Crippen molar-refractivity contribution >= 4 is 5.91 Å². The number of hydrogen-bond donors (Lipinski definition) is 2. The fraction of sp³-hybridized carbons (Fsp3) is 0.476. The Hall–Kier alpha value is -2.67. The van der Waals surface area contributed by atoms with E-state index in [0.717, 1.165) is 16.8 Å². The second kappa shape index (κ2) is 7.75. The van der Waals surface area contributed by atoms with Gasteiger partial charge in [-0.1, -0.05) is 26.0 Å². The quantitative estimate of drug-likeness (QED) is 0.794. The van der Waals surface area contributed by atoms with Crippen molar-refractivity contribution in [2.75, 3.05) is 7.11 Å². The molecule has 1 amide bonds. The molecule has 0 unspecified atom stereocenters. The van der Waals surface area contributed by atoms with Crippen molar-refractivity contribution in [2.24, 2.45) is 0 Å². The maximum Gasteiger partial charge on any atom is 0.267 e. The summed E-state index contributed by atoms with van der Waals surface area (Å²) in [6.45, 7) is 5.60. The lowest BCUT2D eigenvalue weighted by molar-refractivity contribution is -0.125. The molecule has 1 heterocycles. The van der Waals surface area contributed by atoms with E-state index in [2.05, 4.69) is 10.4 Å². The third-order valence-corrected chi connectivity index (χ3v) is 4.99. The molecule has 1 aliphatic rings. The molecule has 0 bridgehead atoms. The van der Waals surface area contributed by atoms with Gasteiger partial charge in [0, 0.05) is 17.7 Å². The molecule has 28 heavy (non-hydrogen) atoms. The third-order valence-electron chi connectivity index (χ3n) is 4.99. The van der Waals surface area contributed by atoms with Crippen molar-refractivity contribution in [3.05, 3.63) is 46.4 Å². The molecule has 7 heteroatoms. The predicted molar refractivity (Wildman–Crippen MR) is 106 cm³/mol. The molecule has 0 aliphatic heterocycles. The Labute approximate surface area is 164 Å².